The van der Waals surface area contributed by atoms with E-state index in [4.69, 9.17) is 0 Å². The van der Waals surface area contributed by atoms with Gasteiger partial charge in [-0.05, 0) is 57.2 Å². The van der Waals surface area contributed by atoms with E-state index in [-0.39, 0.29) is 18.5 Å². The number of piperidine rings is 1. The highest BCUT2D eigenvalue weighted by atomic mass is 35.5. The summed E-state index contributed by atoms with van der Waals surface area (Å²) in [6, 6.07) is 10.8. The first-order valence-electron chi connectivity index (χ1n) is 7.18. The molecule has 0 bridgehead atoms. The van der Waals surface area contributed by atoms with Gasteiger partial charge in [-0.25, -0.2) is 0 Å². The van der Waals surface area contributed by atoms with E-state index in [9.17, 15) is 5.11 Å². The van der Waals surface area contributed by atoms with Crippen molar-refractivity contribution in [2.24, 2.45) is 5.92 Å². The lowest BCUT2D eigenvalue weighted by Crippen LogP contribution is -2.35. The summed E-state index contributed by atoms with van der Waals surface area (Å²) in [5.41, 5.74) is 1.47. The number of aliphatic hydroxyl groups excluding tert-OH is 1. The summed E-state index contributed by atoms with van der Waals surface area (Å²) in [6.07, 6.45) is 4.57. The van der Waals surface area contributed by atoms with Gasteiger partial charge in [-0.1, -0.05) is 30.3 Å². The van der Waals surface area contributed by atoms with Crippen molar-refractivity contribution in [2.75, 3.05) is 19.6 Å². The molecular weight excluding hydrogens is 258 g/mol. The summed E-state index contributed by atoms with van der Waals surface area (Å²) >= 11 is 0. The van der Waals surface area contributed by atoms with Crippen LogP contribution in [0, 0.1) is 5.92 Å². The summed E-state index contributed by atoms with van der Waals surface area (Å²) < 4.78 is 0. The first-order valence-corrected chi connectivity index (χ1v) is 7.18. The second kappa shape index (κ2) is 8.57. The molecule has 108 valence electrons. The van der Waals surface area contributed by atoms with E-state index in [0.29, 0.717) is 0 Å². The van der Waals surface area contributed by atoms with Crippen LogP contribution in [0.3, 0.4) is 0 Å². The van der Waals surface area contributed by atoms with Gasteiger partial charge in [0.15, 0.2) is 0 Å². The molecule has 1 unspecified atom stereocenters. The Morgan fingerprint density at radius 1 is 1.21 bits per heavy atom. The lowest BCUT2D eigenvalue weighted by Gasteiger charge is -2.32. The van der Waals surface area contributed by atoms with Crippen molar-refractivity contribution in [3.63, 3.8) is 0 Å². The summed E-state index contributed by atoms with van der Waals surface area (Å²) in [4.78, 5) is 2.49. The molecule has 1 aromatic rings. The Bertz CT molecular complexity index is 334. The number of likely N-dealkylation sites (tertiary alicyclic amines) is 1. The fraction of sp³-hybridized carbons (Fsp3) is 0.625. The first kappa shape index (κ1) is 16.5. The van der Waals surface area contributed by atoms with Gasteiger partial charge in [0.05, 0.1) is 6.10 Å². The molecule has 0 spiro atoms. The van der Waals surface area contributed by atoms with Crippen molar-refractivity contribution in [1.82, 2.24) is 4.90 Å². The van der Waals surface area contributed by atoms with Crippen LogP contribution >= 0.6 is 12.4 Å². The maximum Gasteiger partial charge on any atom is 0.0524 e. The molecule has 1 N–H and O–H groups in total. The largest absolute Gasteiger partial charge is 0.393 e. The van der Waals surface area contributed by atoms with Crippen LogP contribution in [0.5, 0.6) is 0 Å². The number of rotatable bonds is 5. The molecule has 3 heteroatoms. The normalized spacial score (nSPS) is 18.8. The van der Waals surface area contributed by atoms with Gasteiger partial charge in [0.2, 0.25) is 0 Å². The molecule has 1 fully saturated rings. The van der Waals surface area contributed by atoms with E-state index < -0.39 is 0 Å². The molecule has 1 aliphatic rings. The highest BCUT2D eigenvalue weighted by molar-refractivity contribution is 5.85. The Morgan fingerprint density at radius 3 is 2.42 bits per heavy atom. The van der Waals surface area contributed by atoms with E-state index in [2.05, 4.69) is 35.2 Å². The van der Waals surface area contributed by atoms with Crippen molar-refractivity contribution in [2.45, 2.75) is 38.7 Å². The predicted octanol–water partition coefficient (Wildman–Crippen LogP) is 3.13. The standard InChI is InChI=1S/C16H25NO.ClH/c1-14(18)7-10-17-11-8-16(9-12-17)13-15-5-3-2-4-6-15;/h2-6,14,16,18H,7-13H2,1H3;1H. The van der Waals surface area contributed by atoms with Gasteiger partial charge in [-0.3, -0.25) is 0 Å². The number of halogens is 1. The van der Waals surface area contributed by atoms with E-state index in [1.54, 1.807) is 0 Å². The smallest absolute Gasteiger partial charge is 0.0524 e. The van der Waals surface area contributed by atoms with Gasteiger partial charge in [-0.2, -0.15) is 0 Å². The minimum Gasteiger partial charge on any atom is -0.393 e. The molecule has 2 nitrogen and oxygen atoms in total. The zero-order valence-electron chi connectivity index (χ0n) is 11.8. The van der Waals surface area contributed by atoms with Crippen LogP contribution < -0.4 is 0 Å². The summed E-state index contributed by atoms with van der Waals surface area (Å²) in [7, 11) is 0. The fourth-order valence-electron chi connectivity index (χ4n) is 2.73. The topological polar surface area (TPSA) is 23.5 Å². The Kier molecular flexibility index (Phi) is 7.44. The molecule has 1 aliphatic heterocycles. The van der Waals surface area contributed by atoms with Crippen molar-refractivity contribution in [3.8, 4) is 0 Å². The molecule has 0 aromatic heterocycles. The fourth-order valence-corrected chi connectivity index (χ4v) is 2.73. The predicted molar refractivity (Wildman–Crippen MR) is 82.9 cm³/mol. The van der Waals surface area contributed by atoms with E-state index in [1.807, 2.05) is 6.92 Å². The molecule has 0 saturated carbocycles. The zero-order valence-corrected chi connectivity index (χ0v) is 12.6. The number of aliphatic hydroxyl groups is 1. The average Bonchev–Trinajstić information content (AvgIpc) is 2.39. The number of nitrogens with zero attached hydrogens (tertiary/aromatic N) is 1. The van der Waals surface area contributed by atoms with Crippen molar-refractivity contribution in [1.29, 1.82) is 0 Å². The van der Waals surface area contributed by atoms with E-state index >= 15 is 0 Å². The van der Waals surface area contributed by atoms with Gasteiger partial charge < -0.3 is 10.0 Å². The second-order valence-corrected chi connectivity index (χ2v) is 5.61. The lowest BCUT2D eigenvalue weighted by molar-refractivity contribution is 0.133. The number of hydrogen-bond donors (Lipinski definition) is 1. The van der Waals surface area contributed by atoms with Gasteiger partial charge in [0.1, 0.15) is 0 Å². The third-order valence-electron chi connectivity index (χ3n) is 3.94. The lowest BCUT2D eigenvalue weighted by atomic mass is 9.90. The van der Waals surface area contributed by atoms with Crippen LogP contribution in [0.25, 0.3) is 0 Å². The Hall–Kier alpha value is -0.570. The number of hydrogen-bond acceptors (Lipinski definition) is 2. The molecular formula is C16H26ClNO. The van der Waals surface area contributed by atoms with Crippen LogP contribution in [0.4, 0.5) is 0 Å². The van der Waals surface area contributed by atoms with Crippen LogP contribution in [0.1, 0.15) is 31.7 Å². The average molecular weight is 284 g/mol. The maximum absolute atomic E-state index is 9.30. The van der Waals surface area contributed by atoms with Gasteiger partial charge in [0.25, 0.3) is 0 Å². The quantitative estimate of drug-likeness (QED) is 0.897. The van der Waals surface area contributed by atoms with Gasteiger partial charge >= 0.3 is 0 Å². The molecule has 0 aliphatic carbocycles. The molecule has 1 aromatic carbocycles. The van der Waals surface area contributed by atoms with Crippen LogP contribution in [-0.2, 0) is 6.42 Å². The van der Waals surface area contributed by atoms with Crippen LogP contribution in [0.2, 0.25) is 0 Å². The van der Waals surface area contributed by atoms with Crippen molar-refractivity contribution < 1.29 is 5.11 Å². The molecule has 0 radical (unpaired) electrons. The van der Waals surface area contributed by atoms with Crippen molar-refractivity contribution in [3.05, 3.63) is 35.9 Å². The summed E-state index contributed by atoms with van der Waals surface area (Å²) in [5, 5.41) is 9.30. The van der Waals surface area contributed by atoms with Crippen LogP contribution in [-0.4, -0.2) is 35.7 Å². The Morgan fingerprint density at radius 2 is 1.84 bits per heavy atom. The first-order chi connectivity index (χ1) is 8.74. The second-order valence-electron chi connectivity index (χ2n) is 5.61. The molecule has 0 amide bonds. The third kappa shape index (κ3) is 5.94. The maximum atomic E-state index is 9.30. The molecule has 2 rings (SSSR count). The Balaban J connectivity index is 0.00000180. The monoisotopic (exact) mass is 283 g/mol. The third-order valence-corrected chi connectivity index (χ3v) is 3.94. The molecule has 1 saturated heterocycles. The van der Waals surface area contributed by atoms with E-state index in [1.165, 1.54) is 37.9 Å². The minimum absolute atomic E-state index is 0. The van der Waals surface area contributed by atoms with Gasteiger partial charge in [-0.15, -0.1) is 12.4 Å². The van der Waals surface area contributed by atoms with Gasteiger partial charge in [0, 0.05) is 6.54 Å². The SMILES string of the molecule is CC(O)CCN1CCC(Cc2ccccc2)CC1.Cl. The zero-order chi connectivity index (χ0) is 12.8. The minimum atomic E-state index is -0.160. The molecule has 1 atom stereocenters. The highest BCUT2D eigenvalue weighted by Gasteiger charge is 2.19. The van der Waals surface area contributed by atoms with Crippen LogP contribution in [0.15, 0.2) is 30.3 Å². The summed E-state index contributed by atoms with van der Waals surface area (Å²) in [5.74, 6) is 0.843. The molecule has 19 heavy (non-hydrogen) atoms. The van der Waals surface area contributed by atoms with E-state index in [0.717, 1.165) is 18.9 Å². The Labute approximate surface area is 123 Å². The van der Waals surface area contributed by atoms with Crippen molar-refractivity contribution >= 4 is 12.4 Å². The number of benzene rings is 1. The summed E-state index contributed by atoms with van der Waals surface area (Å²) in [6.45, 7) is 5.33. The molecule has 1 heterocycles. The highest BCUT2D eigenvalue weighted by Crippen LogP contribution is 2.21.